The molecule has 10 heteroatoms. The number of ether oxygens (including phenoxy) is 2. The number of rotatable bonds is 8. The van der Waals surface area contributed by atoms with E-state index in [4.69, 9.17) is 32.7 Å². The average Bonchev–Trinajstić information content (AvgIpc) is 2.89. The maximum absolute atomic E-state index is 12.4. The number of benzene rings is 3. The smallest absolute Gasteiger partial charge is 0.270 e. The molecule has 0 aliphatic carbocycles. The number of nitriles is 1. The van der Waals surface area contributed by atoms with E-state index in [1.807, 2.05) is 12.1 Å². The molecule has 0 amide bonds. The summed E-state index contributed by atoms with van der Waals surface area (Å²) in [5.74, 6) is 0.980. The zero-order valence-electron chi connectivity index (χ0n) is 19.0. The number of hydrazone groups is 1. The van der Waals surface area contributed by atoms with Crippen molar-refractivity contribution >= 4 is 35.4 Å². The van der Waals surface area contributed by atoms with E-state index in [2.05, 4.69) is 20.5 Å². The molecule has 0 saturated carbocycles. The Hall–Kier alpha value is -4.32. The van der Waals surface area contributed by atoms with Crippen LogP contribution in [0.4, 0.5) is 5.95 Å². The van der Waals surface area contributed by atoms with E-state index >= 15 is 0 Å². The van der Waals surface area contributed by atoms with Crippen LogP contribution in [0.5, 0.6) is 11.5 Å². The van der Waals surface area contributed by atoms with Gasteiger partial charge in [-0.25, -0.2) is 10.4 Å². The molecule has 2 N–H and O–H groups in total. The summed E-state index contributed by atoms with van der Waals surface area (Å²) < 4.78 is 11.5. The number of nitrogens with one attached hydrogen (secondary N) is 2. The molecular formula is C26H19Cl2N5O3. The third-order valence-corrected chi connectivity index (χ3v) is 5.81. The Kier molecular flexibility index (Phi) is 7.85. The molecule has 36 heavy (non-hydrogen) atoms. The third-order valence-electron chi connectivity index (χ3n) is 5.10. The fourth-order valence-corrected chi connectivity index (χ4v) is 3.87. The van der Waals surface area contributed by atoms with Crippen molar-refractivity contribution in [2.75, 3.05) is 12.5 Å². The van der Waals surface area contributed by atoms with Gasteiger partial charge in [0.25, 0.3) is 5.56 Å². The summed E-state index contributed by atoms with van der Waals surface area (Å²) in [6.07, 6.45) is 1.49. The number of methoxy groups -OCH3 is 1. The molecule has 0 radical (unpaired) electrons. The molecule has 0 fully saturated rings. The highest BCUT2D eigenvalue weighted by atomic mass is 35.5. The number of H-pyrrole nitrogens is 1. The van der Waals surface area contributed by atoms with Crippen molar-refractivity contribution in [1.82, 2.24) is 9.97 Å². The number of aromatic nitrogens is 2. The first-order chi connectivity index (χ1) is 17.5. The van der Waals surface area contributed by atoms with Crippen LogP contribution in [0.1, 0.15) is 16.7 Å². The van der Waals surface area contributed by atoms with Gasteiger partial charge in [0.2, 0.25) is 5.95 Å². The van der Waals surface area contributed by atoms with E-state index in [9.17, 15) is 10.1 Å². The SMILES string of the molecule is COc1cccc(C=NNc2nc(-c3ccccc3)c(C#N)c(=O)[nH]2)c1OCc1c(Cl)cccc1Cl. The van der Waals surface area contributed by atoms with Gasteiger partial charge in [-0.3, -0.25) is 9.78 Å². The quantitative estimate of drug-likeness (QED) is 0.229. The molecule has 0 atom stereocenters. The van der Waals surface area contributed by atoms with Crippen LogP contribution in [-0.4, -0.2) is 23.3 Å². The standard InChI is InChI=1S/C26H19Cl2N5O3/c1-35-22-12-5-9-17(24(22)36-15-19-20(27)10-6-11-21(19)28)14-30-33-26-31-23(16-7-3-2-4-8-16)18(13-29)25(34)32-26/h2-12,14H,15H2,1H3,(H2,31,32,33,34). The lowest BCUT2D eigenvalue weighted by Gasteiger charge is -2.14. The van der Waals surface area contributed by atoms with Gasteiger partial charge in [-0.2, -0.15) is 10.4 Å². The summed E-state index contributed by atoms with van der Waals surface area (Å²) in [4.78, 5) is 19.3. The molecule has 8 nitrogen and oxygen atoms in total. The predicted molar refractivity (Wildman–Crippen MR) is 140 cm³/mol. The van der Waals surface area contributed by atoms with Gasteiger partial charge in [0, 0.05) is 26.7 Å². The minimum absolute atomic E-state index is 0.0716. The molecule has 1 heterocycles. The number of anilines is 1. The Bertz CT molecular complexity index is 1490. The number of nitrogens with zero attached hydrogens (tertiary/aromatic N) is 3. The molecule has 0 aliphatic heterocycles. The van der Waals surface area contributed by atoms with Crippen molar-refractivity contribution in [2.45, 2.75) is 6.61 Å². The van der Waals surface area contributed by atoms with Crippen LogP contribution < -0.4 is 20.5 Å². The molecule has 0 spiro atoms. The molecule has 1 aromatic heterocycles. The van der Waals surface area contributed by atoms with E-state index in [-0.39, 0.29) is 23.8 Å². The second kappa shape index (κ2) is 11.4. The molecule has 180 valence electrons. The lowest BCUT2D eigenvalue weighted by atomic mass is 10.1. The van der Waals surface area contributed by atoms with Gasteiger partial charge in [0.1, 0.15) is 18.2 Å². The van der Waals surface area contributed by atoms with Crippen LogP contribution in [0.15, 0.2) is 76.6 Å². The number of hydrogen-bond acceptors (Lipinski definition) is 7. The second-order valence-electron chi connectivity index (χ2n) is 7.35. The van der Waals surface area contributed by atoms with E-state index < -0.39 is 5.56 Å². The second-order valence-corrected chi connectivity index (χ2v) is 8.17. The first-order valence-corrected chi connectivity index (χ1v) is 11.4. The number of halogens is 2. The van der Waals surface area contributed by atoms with Gasteiger partial charge < -0.3 is 9.47 Å². The number of hydrogen-bond donors (Lipinski definition) is 2. The number of para-hydroxylation sites is 1. The Morgan fingerprint density at radius 3 is 2.50 bits per heavy atom. The molecule has 0 aliphatic rings. The van der Waals surface area contributed by atoms with Crippen molar-refractivity contribution in [3.05, 3.63) is 104 Å². The van der Waals surface area contributed by atoms with Gasteiger partial charge in [0.15, 0.2) is 11.5 Å². The lowest BCUT2D eigenvalue weighted by Crippen LogP contribution is -2.16. The van der Waals surface area contributed by atoms with E-state index in [1.165, 1.54) is 13.3 Å². The molecule has 3 aromatic carbocycles. The Morgan fingerprint density at radius 2 is 1.81 bits per heavy atom. The molecule has 4 aromatic rings. The first-order valence-electron chi connectivity index (χ1n) is 10.6. The summed E-state index contributed by atoms with van der Waals surface area (Å²) in [7, 11) is 1.53. The predicted octanol–water partition coefficient (Wildman–Crippen LogP) is 5.65. The Labute approximate surface area is 216 Å². The van der Waals surface area contributed by atoms with Crippen molar-refractivity contribution in [1.29, 1.82) is 5.26 Å². The minimum atomic E-state index is -0.578. The summed E-state index contributed by atoms with van der Waals surface area (Å²) in [6, 6.07) is 21.4. The average molecular weight is 520 g/mol. The highest BCUT2D eigenvalue weighted by molar-refractivity contribution is 6.35. The summed E-state index contributed by atoms with van der Waals surface area (Å²) in [6.45, 7) is 0.109. The van der Waals surface area contributed by atoms with Gasteiger partial charge in [-0.1, -0.05) is 65.7 Å². The fraction of sp³-hybridized carbons (Fsp3) is 0.0769. The highest BCUT2D eigenvalue weighted by Crippen LogP contribution is 2.33. The van der Waals surface area contributed by atoms with Crippen LogP contribution >= 0.6 is 23.2 Å². The van der Waals surface area contributed by atoms with Crippen molar-refractivity contribution in [2.24, 2.45) is 5.10 Å². The Balaban J connectivity index is 1.60. The fourth-order valence-electron chi connectivity index (χ4n) is 3.36. The minimum Gasteiger partial charge on any atom is -0.493 e. The number of aromatic amines is 1. The van der Waals surface area contributed by atoms with E-state index in [1.54, 1.807) is 60.7 Å². The van der Waals surface area contributed by atoms with Gasteiger partial charge in [-0.05, 0) is 24.3 Å². The maximum atomic E-state index is 12.4. The van der Waals surface area contributed by atoms with Gasteiger partial charge in [-0.15, -0.1) is 0 Å². The zero-order chi connectivity index (χ0) is 25.5. The van der Waals surface area contributed by atoms with Gasteiger partial charge in [0.05, 0.1) is 19.0 Å². The topological polar surface area (TPSA) is 112 Å². The molecule has 0 saturated heterocycles. The van der Waals surface area contributed by atoms with E-state index in [0.717, 1.165) is 0 Å². The summed E-state index contributed by atoms with van der Waals surface area (Å²) in [5.41, 5.74) is 4.15. The highest BCUT2D eigenvalue weighted by Gasteiger charge is 2.14. The van der Waals surface area contributed by atoms with Crippen molar-refractivity contribution in [3.63, 3.8) is 0 Å². The monoisotopic (exact) mass is 519 g/mol. The molecular weight excluding hydrogens is 501 g/mol. The maximum Gasteiger partial charge on any atom is 0.270 e. The van der Waals surface area contributed by atoms with Crippen LogP contribution in [0, 0.1) is 11.3 Å². The molecule has 0 unspecified atom stereocenters. The normalized spacial score (nSPS) is 10.7. The van der Waals surface area contributed by atoms with Crippen LogP contribution in [-0.2, 0) is 6.61 Å². The largest absolute Gasteiger partial charge is 0.493 e. The lowest BCUT2D eigenvalue weighted by molar-refractivity contribution is 0.284. The van der Waals surface area contributed by atoms with Crippen LogP contribution in [0.25, 0.3) is 11.3 Å². The summed E-state index contributed by atoms with van der Waals surface area (Å²) >= 11 is 12.5. The molecule has 4 rings (SSSR count). The van der Waals surface area contributed by atoms with Crippen LogP contribution in [0.2, 0.25) is 10.0 Å². The van der Waals surface area contributed by atoms with Crippen molar-refractivity contribution in [3.8, 4) is 28.8 Å². The Morgan fingerprint density at radius 1 is 1.08 bits per heavy atom. The summed E-state index contributed by atoms with van der Waals surface area (Å²) in [5, 5.41) is 14.6. The molecule has 0 bridgehead atoms. The van der Waals surface area contributed by atoms with Crippen molar-refractivity contribution < 1.29 is 9.47 Å². The van der Waals surface area contributed by atoms with Crippen LogP contribution in [0.3, 0.4) is 0 Å². The van der Waals surface area contributed by atoms with E-state index in [0.29, 0.717) is 38.2 Å². The van der Waals surface area contributed by atoms with Gasteiger partial charge >= 0.3 is 0 Å². The zero-order valence-corrected chi connectivity index (χ0v) is 20.5. The first kappa shape index (κ1) is 24.8. The third kappa shape index (κ3) is 5.49.